The Morgan fingerprint density at radius 1 is 1.25 bits per heavy atom. The number of phenolic OH excluding ortho intramolecular Hbond substituents is 1. The van der Waals surface area contributed by atoms with Crippen molar-refractivity contribution in [3.05, 3.63) is 51.5 Å². The molecular weight excluding hydrogens is 424 g/mol. The van der Waals surface area contributed by atoms with Crippen molar-refractivity contribution in [2.24, 2.45) is 5.10 Å². The average molecular weight is 449 g/mol. The summed E-state index contributed by atoms with van der Waals surface area (Å²) in [4.78, 5) is 12.1. The molecule has 0 aliphatic carbocycles. The quantitative estimate of drug-likeness (QED) is 0.509. The van der Waals surface area contributed by atoms with Gasteiger partial charge in [0.1, 0.15) is 5.75 Å². The summed E-state index contributed by atoms with van der Waals surface area (Å²) in [7, 11) is 1.46. The van der Waals surface area contributed by atoms with E-state index in [-0.39, 0.29) is 23.7 Å². The predicted octanol–water partition coefficient (Wildman–Crippen LogP) is 4.30. The van der Waals surface area contributed by atoms with Crippen LogP contribution in [0.3, 0.4) is 0 Å². The Labute approximate surface area is 173 Å². The van der Waals surface area contributed by atoms with Gasteiger partial charge in [0, 0.05) is 0 Å². The number of nitrogens with zero attached hydrogens (tertiary/aromatic N) is 1. The van der Waals surface area contributed by atoms with Crippen LogP contribution in [0.5, 0.6) is 17.2 Å². The van der Waals surface area contributed by atoms with Crippen molar-refractivity contribution in [3.63, 3.8) is 0 Å². The number of rotatable bonds is 6. The van der Waals surface area contributed by atoms with Crippen LogP contribution >= 0.6 is 15.9 Å². The zero-order valence-corrected chi connectivity index (χ0v) is 18.3. The van der Waals surface area contributed by atoms with E-state index < -0.39 is 0 Å². The number of ether oxygens (including phenoxy) is 2. The molecule has 2 N–H and O–H groups in total. The third-order valence-corrected chi connectivity index (χ3v) is 4.58. The van der Waals surface area contributed by atoms with E-state index in [1.807, 2.05) is 19.1 Å². The van der Waals surface area contributed by atoms with Crippen LogP contribution in [-0.4, -0.2) is 30.9 Å². The number of halogens is 1. The molecule has 0 aliphatic heterocycles. The van der Waals surface area contributed by atoms with Crippen molar-refractivity contribution in [2.45, 2.75) is 33.1 Å². The van der Waals surface area contributed by atoms with Crippen LogP contribution in [0.25, 0.3) is 0 Å². The number of carbonyl (C=O) groups excluding carboxylic acids is 1. The molecule has 0 saturated carbocycles. The van der Waals surface area contributed by atoms with Crippen LogP contribution in [0.15, 0.2) is 39.9 Å². The van der Waals surface area contributed by atoms with Crippen molar-refractivity contribution in [1.29, 1.82) is 0 Å². The fraction of sp³-hybridized carbons (Fsp3) is 0.333. The van der Waals surface area contributed by atoms with Gasteiger partial charge in [0.2, 0.25) is 0 Å². The molecule has 150 valence electrons. The van der Waals surface area contributed by atoms with Crippen LogP contribution < -0.4 is 14.9 Å². The number of aryl methyl sites for hydroxylation is 1. The van der Waals surface area contributed by atoms with Gasteiger partial charge in [0.05, 0.1) is 17.8 Å². The standard InChI is InChI=1S/C21H25BrN2O4/c1-13-6-7-17(15(8-13)21(2,3)4)28-12-19(25)24-23-11-14-9-16(22)20(26)18(10-14)27-5/h6-11,26H,12H2,1-5H3,(H,24,25)/b23-11+. The molecule has 1 amide bonds. The Morgan fingerprint density at radius 2 is 1.96 bits per heavy atom. The van der Waals surface area contributed by atoms with E-state index in [2.05, 4.69) is 53.3 Å². The maximum absolute atomic E-state index is 12.1. The van der Waals surface area contributed by atoms with E-state index in [4.69, 9.17) is 9.47 Å². The molecule has 28 heavy (non-hydrogen) atoms. The summed E-state index contributed by atoms with van der Waals surface area (Å²) in [5, 5.41) is 13.7. The Kier molecular flexibility index (Phi) is 7.07. The second-order valence-corrected chi connectivity index (χ2v) is 8.24. The lowest BCUT2D eigenvalue weighted by Gasteiger charge is -2.23. The third-order valence-electron chi connectivity index (χ3n) is 3.98. The van der Waals surface area contributed by atoms with Gasteiger partial charge in [-0.05, 0) is 57.6 Å². The molecule has 0 atom stereocenters. The lowest BCUT2D eigenvalue weighted by atomic mass is 9.85. The van der Waals surface area contributed by atoms with E-state index >= 15 is 0 Å². The number of carbonyl (C=O) groups is 1. The molecule has 0 unspecified atom stereocenters. The Morgan fingerprint density at radius 3 is 2.61 bits per heavy atom. The number of methoxy groups -OCH3 is 1. The molecule has 0 spiro atoms. The van der Waals surface area contributed by atoms with E-state index in [9.17, 15) is 9.90 Å². The first-order valence-corrected chi connectivity index (χ1v) is 9.53. The molecule has 0 fully saturated rings. The zero-order valence-electron chi connectivity index (χ0n) is 16.7. The summed E-state index contributed by atoms with van der Waals surface area (Å²) in [6.45, 7) is 8.18. The largest absolute Gasteiger partial charge is 0.503 e. The van der Waals surface area contributed by atoms with E-state index in [0.29, 0.717) is 21.5 Å². The third kappa shape index (κ3) is 5.73. The van der Waals surface area contributed by atoms with Crippen molar-refractivity contribution in [2.75, 3.05) is 13.7 Å². The lowest BCUT2D eigenvalue weighted by Crippen LogP contribution is -2.25. The zero-order chi connectivity index (χ0) is 20.9. The average Bonchev–Trinajstić information content (AvgIpc) is 2.62. The fourth-order valence-corrected chi connectivity index (χ4v) is 2.99. The lowest BCUT2D eigenvalue weighted by molar-refractivity contribution is -0.123. The minimum atomic E-state index is -0.374. The molecule has 7 heteroatoms. The second-order valence-electron chi connectivity index (χ2n) is 7.39. The van der Waals surface area contributed by atoms with Crippen molar-refractivity contribution >= 4 is 28.1 Å². The highest BCUT2D eigenvalue weighted by Crippen LogP contribution is 2.34. The number of hydrogen-bond donors (Lipinski definition) is 2. The maximum atomic E-state index is 12.1. The molecule has 2 rings (SSSR count). The summed E-state index contributed by atoms with van der Waals surface area (Å²) in [5.74, 6) is 0.621. The van der Waals surface area contributed by atoms with Gasteiger partial charge in [0.25, 0.3) is 5.91 Å². The number of aromatic hydroxyl groups is 1. The summed E-state index contributed by atoms with van der Waals surface area (Å²) < 4.78 is 11.3. The van der Waals surface area contributed by atoms with E-state index in [0.717, 1.165) is 11.1 Å². The Balaban J connectivity index is 1.99. The highest BCUT2D eigenvalue weighted by Gasteiger charge is 2.19. The fourth-order valence-electron chi connectivity index (χ4n) is 2.53. The Hall–Kier alpha value is -2.54. The van der Waals surface area contributed by atoms with Crippen LogP contribution in [0.4, 0.5) is 0 Å². The minimum Gasteiger partial charge on any atom is -0.503 e. The van der Waals surface area contributed by atoms with Crippen molar-refractivity contribution < 1.29 is 19.4 Å². The molecule has 0 saturated heterocycles. The smallest absolute Gasteiger partial charge is 0.277 e. The van der Waals surface area contributed by atoms with Crippen LogP contribution in [0.2, 0.25) is 0 Å². The first kappa shape index (κ1) is 21.8. The van der Waals surface area contributed by atoms with Crippen molar-refractivity contribution in [1.82, 2.24) is 5.43 Å². The van der Waals surface area contributed by atoms with Gasteiger partial charge >= 0.3 is 0 Å². The molecule has 0 heterocycles. The second kappa shape index (κ2) is 9.10. The van der Waals surface area contributed by atoms with Gasteiger partial charge < -0.3 is 14.6 Å². The summed E-state index contributed by atoms with van der Waals surface area (Å²) in [6, 6.07) is 9.17. The monoisotopic (exact) mass is 448 g/mol. The Bertz CT molecular complexity index is 889. The van der Waals surface area contributed by atoms with Crippen molar-refractivity contribution in [3.8, 4) is 17.2 Å². The molecular formula is C21H25BrN2O4. The van der Waals surface area contributed by atoms with Gasteiger partial charge in [-0.25, -0.2) is 5.43 Å². The molecule has 2 aromatic carbocycles. The number of nitrogens with one attached hydrogen (secondary N) is 1. The molecule has 0 aromatic heterocycles. The number of hydrogen-bond acceptors (Lipinski definition) is 5. The van der Waals surface area contributed by atoms with E-state index in [1.54, 1.807) is 12.1 Å². The minimum absolute atomic E-state index is 0.00448. The number of hydrazone groups is 1. The molecule has 0 bridgehead atoms. The molecule has 6 nitrogen and oxygen atoms in total. The highest BCUT2D eigenvalue weighted by molar-refractivity contribution is 9.10. The first-order valence-electron chi connectivity index (χ1n) is 8.74. The molecule has 0 aliphatic rings. The topological polar surface area (TPSA) is 80.2 Å². The van der Waals surface area contributed by atoms with Gasteiger partial charge in [-0.15, -0.1) is 0 Å². The van der Waals surface area contributed by atoms with Crippen LogP contribution in [-0.2, 0) is 10.2 Å². The van der Waals surface area contributed by atoms with Crippen LogP contribution in [0.1, 0.15) is 37.5 Å². The van der Waals surface area contributed by atoms with Gasteiger partial charge in [-0.2, -0.15) is 5.10 Å². The summed E-state index contributed by atoms with van der Waals surface area (Å²) in [6.07, 6.45) is 1.46. The van der Waals surface area contributed by atoms with E-state index in [1.165, 1.54) is 13.3 Å². The van der Waals surface area contributed by atoms with Gasteiger partial charge in [-0.1, -0.05) is 38.5 Å². The summed E-state index contributed by atoms with van der Waals surface area (Å²) >= 11 is 3.24. The predicted molar refractivity (Wildman–Crippen MR) is 113 cm³/mol. The summed E-state index contributed by atoms with van der Waals surface area (Å²) in [5.41, 5.74) is 5.17. The SMILES string of the molecule is COc1cc(/C=N/NC(=O)COc2ccc(C)cc2C(C)(C)C)cc(Br)c1O. The van der Waals surface area contributed by atoms with Gasteiger partial charge in [0.15, 0.2) is 18.1 Å². The highest BCUT2D eigenvalue weighted by atomic mass is 79.9. The molecule has 0 radical (unpaired) electrons. The van der Waals surface area contributed by atoms with Crippen LogP contribution in [0, 0.1) is 6.92 Å². The first-order chi connectivity index (χ1) is 13.1. The number of amides is 1. The maximum Gasteiger partial charge on any atom is 0.277 e. The normalized spacial score (nSPS) is 11.5. The molecule has 2 aromatic rings. The number of phenols is 1. The van der Waals surface area contributed by atoms with Gasteiger partial charge in [-0.3, -0.25) is 4.79 Å². The number of benzene rings is 2.